The summed E-state index contributed by atoms with van der Waals surface area (Å²) in [4.78, 5) is 2.47. The van der Waals surface area contributed by atoms with Crippen molar-refractivity contribution in [3.63, 3.8) is 0 Å². The third-order valence-corrected chi connectivity index (χ3v) is 7.01. The lowest BCUT2D eigenvalue weighted by Gasteiger charge is -2.35. The summed E-state index contributed by atoms with van der Waals surface area (Å²) < 4.78 is 23.2. The molecule has 0 bridgehead atoms. The quantitative estimate of drug-likeness (QED) is 0.446. The standard InChI is InChI=1S/C29H33NO4/c1-31-24-7-5-6-22(18-24)27-20-34-28-19-25(32-2)12-13-26(28)29(27)21-8-10-23(11-9-21)33-17-16-30-14-3-4-15-30/h5-13,18-19,27,29H,3-4,14-17,20H2,1-2H3. The van der Waals surface area contributed by atoms with Crippen molar-refractivity contribution >= 4 is 0 Å². The Labute approximate surface area is 202 Å². The Morgan fingerprint density at radius 2 is 1.56 bits per heavy atom. The molecule has 0 N–H and O–H groups in total. The van der Waals surface area contributed by atoms with Gasteiger partial charge in [-0.3, -0.25) is 4.90 Å². The van der Waals surface area contributed by atoms with E-state index in [0.29, 0.717) is 6.61 Å². The zero-order valence-electron chi connectivity index (χ0n) is 20.0. The highest BCUT2D eigenvalue weighted by atomic mass is 16.5. The number of benzene rings is 3. The van der Waals surface area contributed by atoms with Crippen molar-refractivity contribution in [2.45, 2.75) is 24.7 Å². The van der Waals surface area contributed by atoms with E-state index >= 15 is 0 Å². The van der Waals surface area contributed by atoms with Crippen LogP contribution in [0.2, 0.25) is 0 Å². The van der Waals surface area contributed by atoms with Crippen molar-refractivity contribution in [1.29, 1.82) is 0 Å². The molecule has 0 spiro atoms. The first kappa shape index (κ1) is 22.6. The van der Waals surface area contributed by atoms with Gasteiger partial charge < -0.3 is 18.9 Å². The molecule has 0 amide bonds. The molecule has 1 saturated heterocycles. The first-order valence-electron chi connectivity index (χ1n) is 12.1. The Kier molecular flexibility index (Phi) is 6.91. The molecule has 1 fully saturated rings. The molecule has 0 radical (unpaired) electrons. The summed E-state index contributed by atoms with van der Waals surface area (Å²) >= 11 is 0. The normalized spacial score (nSPS) is 19.8. The number of methoxy groups -OCH3 is 2. The van der Waals surface area contributed by atoms with E-state index in [9.17, 15) is 0 Å². The number of fused-ring (bicyclic) bond motifs is 1. The van der Waals surface area contributed by atoms with E-state index in [4.69, 9.17) is 18.9 Å². The predicted octanol–water partition coefficient (Wildman–Crippen LogP) is 5.49. The van der Waals surface area contributed by atoms with Crippen LogP contribution in [-0.2, 0) is 0 Å². The average Bonchev–Trinajstić information content (AvgIpc) is 3.42. The fourth-order valence-electron chi connectivity index (χ4n) is 5.16. The minimum absolute atomic E-state index is 0.153. The van der Waals surface area contributed by atoms with E-state index in [2.05, 4.69) is 47.4 Å². The molecule has 0 aromatic heterocycles. The Bertz CT molecular complexity index is 1090. The van der Waals surface area contributed by atoms with Crippen molar-refractivity contribution in [1.82, 2.24) is 4.90 Å². The maximum Gasteiger partial charge on any atom is 0.126 e. The molecule has 3 aromatic rings. The molecule has 3 aromatic carbocycles. The van der Waals surface area contributed by atoms with Gasteiger partial charge in [-0.1, -0.05) is 30.3 Å². The lowest BCUT2D eigenvalue weighted by Crippen LogP contribution is -2.25. The van der Waals surface area contributed by atoms with Crippen LogP contribution >= 0.6 is 0 Å². The van der Waals surface area contributed by atoms with Crippen LogP contribution in [-0.4, -0.2) is 52.0 Å². The van der Waals surface area contributed by atoms with Crippen LogP contribution in [0.15, 0.2) is 66.7 Å². The fourth-order valence-corrected chi connectivity index (χ4v) is 5.16. The first-order chi connectivity index (χ1) is 16.7. The van der Waals surface area contributed by atoms with Crippen molar-refractivity contribution < 1.29 is 18.9 Å². The van der Waals surface area contributed by atoms with Crippen LogP contribution in [0.1, 0.15) is 41.4 Å². The highest BCUT2D eigenvalue weighted by Crippen LogP contribution is 2.47. The molecule has 5 nitrogen and oxygen atoms in total. The molecule has 5 heteroatoms. The summed E-state index contributed by atoms with van der Waals surface area (Å²) in [7, 11) is 3.39. The van der Waals surface area contributed by atoms with Crippen LogP contribution in [0.4, 0.5) is 0 Å². The van der Waals surface area contributed by atoms with Gasteiger partial charge in [0.15, 0.2) is 0 Å². The zero-order valence-corrected chi connectivity index (χ0v) is 20.0. The Hall–Kier alpha value is -3.18. The summed E-state index contributed by atoms with van der Waals surface area (Å²) in [5.41, 5.74) is 3.62. The predicted molar refractivity (Wildman–Crippen MR) is 134 cm³/mol. The molecule has 2 unspecified atom stereocenters. The van der Waals surface area contributed by atoms with Crippen molar-refractivity contribution in [3.8, 4) is 23.0 Å². The van der Waals surface area contributed by atoms with Crippen LogP contribution < -0.4 is 18.9 Å². The molecular weight excluding hydrogens is 426 g/mol. The Balaban J connectivity index is 1.41. The Morgan fingerprint density at radius 3 is 2.32 bits per heavy atom. The molecule has 2 heterocycles. The molecule has 5 rings (SSSR count). The fraction of sp³-hybridized carbons (Fsp3) is 0.379. The van der Waals surface area contributed by atoms with Crippen LogP contribution in [0.3, 0.4) is 0 Å². The summed E-state index contributed by atoms with van der Waals surface area (Å²) in [5, 5.41) is 0. The van der Waals surface area contributed by atoms with Gasteiger partial charge in [-0.05, 0) is 67.4 Å². The SMILES string of the molecule is COc1cccc(C2COc3cc(OC)ccc3C2c2ccc(OCCN3CCCC3)cc2)c1. The second kappa shape index (κ2) is 10.4. The van der Waals surface area contributed by atoms with Crippen LogP contribution in [0.25, 0.3) is 0 Å². The minimum atomic E-state index is 0.153. The van der Waals surface area contributed by atoms with Crippen LogP contribution in [0.5, 0.6) is 23.0 Å². The maximum atomic E-state index is 6.23. The van der Waals surface area contributed by atoms with E-state index in [1.165, 1.54) is 42.6 Å². The third-order valence-electron chi connectivity index (χ3n) is 7.01. The monoisotopic (exact) mass is 459 g/mol. The lowest BCUT2D eigenvalue weighted by molar-refractivity contribution is 0.237. The molecule has 34 heavy (non-hydrogen) atoms. The lowest BCUT2D eigenvalue weighted by atomic mass is 9.76. The van der Waals surface area contributed by atoms with Gasteiger partial charge in [0.1, 0.15) is 29.6 Å². The maximum absolute atomic E-state index is 6.23. The van der Waals surface area contributed by atoms with Gasteiger partial charge in [-0.15, -0.1) is 0 Å². The van der Waals surface area contributed by atoms with Crippen molar-refractivity contribution in [3.05, 3.63) is 83.4 Å². The minimum Gasteiger partial charge on any atom is -0.497 e. The molecule has 0 aliphatic carbocycles. The van der Waals surface area contributed by atoms with Gasteiger partial charge in [-0.2, -0.15) is 0 Å². The van der Waals surface area contributed by atoms with Gasteiger partial charge in [0.2, 0.25) is 0 Å². The molecule has 2 atom stereocenters. The highest BCUT2D eigenvalue weighted by molar-refractivity contribution is 5.51. The van der Waals surface area contributed by atoms with Gasteiger partial charge >= 0.3 is 0 Å². The first-order valence-corrected chi connectivity index (χ1v) is 12.1. The number of rotatable bonds is 8. The molecular formula is C29H33NO4. The largest absolute Gasteiger partial charge is 0.497 e. The van der Waals surface area contributed by atoms with E-state index in [0.717, 1.165) is 36.1 Å². The van der Waals surface area contributed by atoms with E-state index in [1.807, 2.05) is 24.3 Å². The van der Waals surface area contributed by atoms with Crippen LogP contribution in [0, 0.1) is 0 Å². The van der Waals surface area contributed by atoms with E-state index in [-0.39, 0.29) is 11.8 Å². The van der Waals surface area contributed by atoms with E-state index < -0.39 is 0 Å². The van der Waals surface area contributed by atoms with Crippen molar-refractivity contribution in [2.24, 2.45) is 0 Å². The molecule has 2 aliphatic heterocycles. The summed E-state index contributed by atoms with van der Waals surface area (Å²) in [6.45, 7) is 4.70. The average molecular weight is 460 g/mol. The number of ether oxygens (including phenoxy) is 4. The molecule has 178 valence electrons. The highest BCUT2D eigenvalue weighted by Gasteiger charge is 2.34. The van der Waals surface area contributed by atoms with Gasteiger partial charge in [0.25, 0.3) is 0 Å². The van der Waals surface area contributed by atoms with Gasteiger partial charge in [-0.25, -0.2) is 0 Å². The second-order valence-corrected chi connectivity index (χ2v) is 9.04. The van der Waals surface area contributed by atoms with Gasteiger partial charge in [0, 0.05) is 30.0 Å². The number of hydrogen-bond acceptors (Lipinski definition) is 5. The number of likely N-dealkylation sites (tertiary alicyclic amines) is 1. The molecule has 0 saturated carbocycles. The van der Waals surface area contributed by atoms with E-state index in [1.54, 1.807) is 14.2 Å². The third kappa shape index (κ3) is 4.85. The number of nitrogens with zero attached hydrogens (tertiary/aromatic N) is 1. The zero-order chi connectivity index (χ0) is 23.3. The topological polar surface area (TPSA) is 40.2 Å². The van der Waals surface area contributed by atoms with Crippen molar-refractivity contribution in [2.75, 3.05) is 47.1 Å². The summed E-state index contributed by atoms with van der Waals surface area (Å²) in [6, 6.07) is 23.0. The molecule has 2 aliphatic rings. The Morgan fingerprint density at radius 1 is 0.824 bits per heavy atom. The smallest absolute Gasteiger partial charge is 0.126 e. The second-order valence-electron chi connectivity index (χ2n) is 9.04. The van der Waals surface area contributed by atoms with Gasteiger partial charge in [0.05, 0.1) is 20.8 Å². The summed E-state index contributed by atoms with van der Waals surface area (Å²) in [5.74, 6) is 3.79. The number of hydrogen-bond donors (Lipinski definition) is 0. The summed E-state index contributed by atoms with van der Waals surface area (Å²) in [6.07, 6.45) is 2.61.